The summed E-state index contributed by atoms with van der Waals surface area (Å²) >= 11 is 4.24. The summed E-state index contributed by atoms with van der Waals surface area (Å²) in [5.74, 6) is 0.00981. The molecule has 0 unspecified atom stereocenters. The van der Waals surface area contributed by atoms with E-state index in [1.54, 1.807) is 52.3 Å². The molecule has 29 heavy (non-hydrogen) atoms. The number of carbonyl (C=O) groups excluding carboxylic acids is 2. The Labute approximate surface area is 200 Å². The second-order valence-corrected chi connectivity index (χ2v) is 6.22. The van der Waals surface area contributed by atoms with E-state index in [0.29, 0.717) is 11.7 Å². The van der Waals surface area contributed by atoms with E-state index >= 15 is 0 Å². The van der Waals surface area contributed by atoms with Crippen LogP contribution in [0.3, 0.4) is 0 Å². The molecule has 0 radical (unpaired) electrons. The Morgan fingerprint density at radius 3 is 1.59 bits per heavy atom. The lowest BCUT2D eigenvalue weighted by Gasteiger charge is -2.20. The van der Waals surface area contributed by atoms with Gasteiger partial charge in [-0.15, -0.1) is 0 Å². The molecule has 0 heterocycles. The Kier molecular flexibility index (Phi) is 23.1. The number of carbonyl (C=O) groups is 2. The summed E-state index contributed by atoms with van der Waals surface area (Å²) in [5.41, 5.74) is 0.684. The summed E-state index contributed by atoms with van der Waals surface area (Å²) in [6.45, 7) is 7.53. The average molecular weight is 628 g/mol. The molecular weight excluding hydrogens is 594 g/mol. The molecule has 0 amide bonds. The molecule has 0 saturated heterocycles. The van der Waals surface area contributed by atoms with E-state index in [1.807, 2.05) is 50.2 Å². The monoisotopic (exact) mass is 628 g/mol. The van der Waals surface area contributed by atoms with Gasteiger partial charge in [-0.2, -0.15) is 0 Å². The van der Waals surface area contributed by atoms with Crippen molar-refractivity contribution < 1.29 is 19.1 Å². The second-order valence-electron chi connectivity index (χ2n) is 6.22. The SMILES string of the molecule is C.COC(C)(C)C(=O)c1ccccc1.COC(C)C.II.O=Cc1ccccc1. The zero-order valence-corrected chi connectivity index (χ0v) is 21.6. The minimum absolute atomic E-state index is 0. The summed E-state index contributed by atoms with van der Waals surface area (Å²) in [5, 5.41) is 0. The topological polar surface area (TPSA) is 52.6 Å². The lowest BCUT2D eigenvalue weighted by Crippen LogP contribution is -2.33. The molecule has 2 aromatic rings. The van der Waals surface area contributed by atoms with E-state index in [2.05, 4.69) is 37.2 Å². The molecule has 4 nitrogen and oxygen atoms in total. The van der Waals surface area contributed by atoms with Crippen LogP contribution in [0.5, 0.6) is 0 Å². The van der Waals surface area contributed by atoms with Gasteiger partial charge in [-0.1, -0.05) is 68.1 Å². The first-order chi connectivity index (χ1) is 13.3. The minimum Gasteiger partial charge on any atom is -0.382 e. The highest BCUT2D eigenvalue weighted by molar-refractivity contribution is 15.0. The van der Waals surface area contributed by atoms with Gasteiger partial charge in [-0.3, -0.25) is 9.59 Å². The highest BCUT2D eigenvalue weighted by Crippen LogP contribution is 2.15. The Balaban J connectivity index is -0.000000363. The number of Topliss-reactive ketones (excluding diaryl/α,β-unsaturated/α-hetero) is 1. The summed E-state index contributed by atoms with van der Waals surface area (Å²) in [6, 6.07) is 18.3. The normalized spacial score (nSPS) is 9.28. The van der Waals surface area contributed by atoms with E-state index in [9.17, 15) is 9.59 Å². The molecule has 2 aromatic carbocycles. The fourth-order valence-corrected chi connectivity index (χ4v) is 1.56. The zero-order valence-electron chi connectivity index (χ0n) is 17.3. The molecule has 0 aliphatic rings. The third-order valence-electron chi connectivity index (χ3n) is 3.50. The van der Waals surface area contributed by atoms with Crippen LogP contribution in [0.25, 0.3) is 0 Å². The van der Waals surface area contributed by atoms with E-state index in [1.165, 1.54) is 0 Å². The van der Waals surface area contributed by atoms with Gasteiger partial charge in [-0.05, 0) is 27.7 Å². The number of ether oxygens (including phenoxy) is 2. The molecule has 164 valence electrons. The van der Waals surface area contributed by atoms with Crippen molar-refractivity contribution in [2.75, 3.05) is 14.2 Å². The standard InChI is InChI=1S/C11H14O2.C7H6O.C4H10O.CH4.I2/c1-11(2,13-3)10(12)9-7-5-4-6-8-9;8-6-7-4-2-1-3-5-7;1-4(2)5-3;;1-2/h4-8H,1-3H3;1-6H;4H,1-3H3;1H4;. The Morgan fingerprint density at radius 2 is 1.31 bits per heavy atom. The molecule has 0 aliphatic carbocycles. The number of hydrogen-bond donors (Lipinski definition) is 0. The maximum atomic E-state index is 11.8. The first kappa shape index (κ1) is 32.8. The number of methoxy groups -OCH3 is 2. The lowest BCUT2D eigenvalue weighted by molar-refractivity contribution is 0.0228. The van der Waals surface area contributed by atoms with Crippen molar-refractivity contribution in [3.8, 4) is 0 Å². The van der Waals surface area contributed by atoms with Crippen LogP contribution in [-0.4, -0.2) is 38.0 Å². The Hall–Kier alpha value is -0.840. The van der Waals surface area contributed by atoms with Gasteiger partial charge >= 0.3 is 0 Å². The number of ketones is 1. The molecule has 0 fully saturated rings. The third-order valence-corrected chi connectivity index (χ3v) is 3.50. The van der Waals surface area contributed by atoms with Crippen molar-refractivity contribution in [3.63, 3.8) is 0 Å². The number of benzene rings is 2. The molecule has 6 heteroatoms. The predicted molar refractivity (Wildman–Crippen MR) is 141 cm³/mol. The van der Waals surface area contributed by atoms with Crippen LogP contribution in [0.4, 0.5) is 0 Å². The fourth-order valence-electron chi connectivity index (χ4n) is 1.56. The Morgan fingerprint density at radius 1 is 0.931 bits per heavy atom. The van der Waals surface area contributed by atoms with Crippen LogP contribution >= 0.6 is 37.2 Å². The van der Waals surface area contributed by atoms with E-state index in [-0.39, 0.29) is 13.2 Å². The van der Waals surface area contributed by atoms with Crippen LogP contribution < -0.4 is 0 Å². The quantitative estimate of drug-likeness (QED) is 0.199. The van der Waals surface area contributed by atoms with Gasteiger partial charge in [-0.25, -0.2) is 0 Å². The molecule has 0 aliphatic heterocycles. The van der Waals surface area contributed by atoms with Crippen molar-refractivity contribution >= 4 is 49.3 Å². The summed E-state index contributed by atoms with van der Waals surface area (Å²) in [4.78, 5) is 21.8. The van der Waals surface area contributed by atoms with Crippen LogP contribution in [0.2, 0.25) is 0 Å². The van der Waals surface area contributed by atoms with Gasteiger partial charge in [0.15, 0.2) is 5.78 Å². The molecule has 0 bridgehead atoms. The summed E-state index contributed by atoms with van der Waals surface area (Å²) in [7, 11) is 3.24. The summed E-state index contributed by atoms with van der Waals surface area (Å²) < 4.78 is 9.85. The predicted octanol–water partition coefficient (Wildman–Crippen LogP) is 7.24. The smallest absolute Gasteiger partial charge is 0.194 e. The van der Waals surface area contributed by atoms with Gasteiger partial charge in [0.05, 0.1) is 6.10 Å². The number of hydrogen-bond acceptors (Lipinski definition) is 4. The van der Waals surface area contributed by atoms with E-state index < -0.39 is 5.60 Å². The number of aldehydes is 1. The minimum atomic E-state index is -0.735. The average Bonchev–Trinajstić information content (AvgIpc) is 2.76. The van der Waals surface area contributed by atoms with Crippen molar-refractivity contribution in [1.82, 2.24) is 0 Å². The molecule has 0 N–H and O–H groups in total. The van der Waals surface area contributed by atoms with E-state index in [0.717, 1.165) is 11.8 Å². The van der Waals surface area contributed by atoms with Gasteiger partial charge in [0.1, 0.15) is 11.9 Å². The van der Waals surface area contributed by atoms with Crippen molar-refractivity contribution in [3.05, 3.63) is 71.8 Å². The van der Waals surface area contributed by atoms with Crippen molar-refractivity contribution in [2.45, 2.75) is 46.8 Å². The van der Waals surface area contributed by atoms with Crippen molar-refractivity contribution in [1.29, 1.82) is 0 Å². The van der Waals surface area contributed by atoms with Crippen LogP contribution in [0, 0.1) is 0 Å². The fraction of sp³-hybridized carbons (Fsp3) is 0.391. The molecule has 0 aromatic heterocycles. The third kappa shape index (κ3) is 16.6. The lowest BCUT2D eigenvalue weighted by atomic mass is 9.97. The first-order valence-electron chi connectivity index (χ1n) is 8.60. The largest absolute Gasteiger partial charge is 0.382 e. The first-order valence-corrected chi connectivity index (χ1v) is 14.9. The van der Waals surface area contributed by atoms with Crippen LogP contribution in [-0.2, 0) is 9.47 Å². The van der Waals surface area contributed by atoms with Crippen molar-refractivity contribution in [2.24, 2.45) is 0 Å². The van der Waals surface area contributed by atoms with Gasteiger partial charge in [0, 0.05) is 62.6 Å². The number of rotatable bonds is 5. The molecule has 2 rings (SSSR count). The molecular formula is C23H34I2O4. The highest BCUT2D eigenvalue weighted by atomic mass is 128. The maximum absolute atomic E-state index is 11.8. The molecule has 0 spiro atoms. The second kappa shape index (κ2) is 20.4. The van der Waals surface area contributed by atoms with E-state index in [4.69, 9.17) is 9.47 Å². The summed E-state index contributed by atoms with van der Waals surface area (Å²) in [6.07, 6.45) is 1.22. The number of halogens is 2. The molecule has 0 atom stereocenters. The zero-order chi connectivity index (χ0) is 22.0. The Bertz CT molecular complexity index is 630. The van der Waals surface area contributed by atoms with Gasteiger partial charge in [0.2, 0.25) is 0 Å². The van der Waals surface area contributed by atoms with Crippen LogP contribution in [0.1, 0.15) is 55.8 Å². The maximum Gasteiger partial charge on any atom is 0.194 e. The highest BCUT2D eigenvalue weighted by Gasteiger charge is 2.27. The van der Waals surface area contributed by atoms with Crippen LogP contribution in [0.15, 0.2) is 60.7 Å². The van der Waals surface area contributed by atoms with Gasteiger partial charge in [0.25, 0.3) is 0 Å². The van der Waals surface area contributed by atoms with Gasteiger partial charge < -0.3 is 9.47 Å². The molecule has 0 saturated carbocycles.